The highest BCUT2D eigenvalue weighted by Crippen LogP contribution is 2.06. The quantitative estimate of drug-likeness (QED) is 0.858. The van der Waals surface area contributed by atoms with E-state index < -0.39 is 0 Å². The minimum atomic E-state index is 0.719. The lowest BCUT2D eigenvalue weighted by molar-refractivity contribution is 0.883. The summed E-state index contributed by atoms with van der Waals surface area (Å²) in [6.45, 7) is 2.06. The van der Waals surface area contributed by atoms with Gasteiger partial charge in [0.15, 0.2) is 11.7 Å². The molecular formula is C15H14N4. The topological polar surface area (TPSA) is 48.8 Å². The summed E-state index contributed by atoms with van der Waals surface area (Å²) in [7, 11) is 0. The molecule has 4 heteroatoms. The number of hydrogen-bond donors (Lipinski definition) is 2. The Balaban J connectivity index is 1.78. The standard InChI is InChI=1S/C15H14N4/c1-11-7-9-13(10-8-11)15-18-16-14(17-19-15)12-5-3-2-4-6-12/h2-10H,1H3,(H,16,17)(H,18,19). The Morgan fingerprint density at radius 3 is 1.74 bits per heavy atom. The third kappa shape index (κ3) is 2.47. The van der Waals surface area contributed by atoms with Crippen molar-refractivity contribution in [3.63, 3.8) is 0 Å². The predicted molar refractivity (Wildman–Crippen MR) is 77.0 cm³/mol. The van der Waals surface area contributed by atoms with Crippen molar-refractivity contribution in [2.24, 2.45) is 10.2 Å². The van der Waals surface area contributed by atoms with Gasteiger partial charge in [0, 0.05) is 11.1 Å². The normalized spacial score (nSPS) is 13.9. The molecule has 0 radical (unpaired) electrons. The Kier molecular flexibility index (Phi) is 2.98. The SMILES string of the molecule is Cc1ccc(C2=NNC(c3ccccc3)=NN2)cc1. The maximum absolute atomic E-state index is 4.31. The Labute approximate surface area is 111 Å². The highest BCUT2D eigenvalue weighted by atomic mass is 15.5. The molecule has 19 heavy (non-hydrogen) atoms. The van der Waals surface area contributed by atoms with Gasteiger partial charge >= 0.3 is 0 Å². The van der Waals surface area contributed by atoms with Gasteiger partial charge in [0.2, 0.25) is 0 Å². The minimum absolute atomic E-state index is 0.719. The van der Waals surface area contributed by atoms with Crippen molar-refractivity contribution in [1.82, 2.24) is 10.9 Å². The van der Waals surface area contributed by atoms with Crippen LogP contribution in [-0.2, 0) is 0 Å². The minimum Gasteiger partial charge on any atom is -0.257 e. The number of benzene rings is 2. The molecule has 0 bridgehead atoms. The van der Waals surface area contributed by atoms with Gasteiger partial charge in [-0.1, -0.05) is 60.2 Å². The highest BCUT2D eigenvalue weighted by molar-refractivity contribution is 6.05. The van der Waals surface area contributed by atoms with Crippen LogP contribution < -0.4 is 10.9 Å². The summed E-state index contributed by atoms with van der Waals surface area (Å²) in [6.07, 6.45) is 0. The first-order chi connectivity index (χ1) is 9.33. The van der Waals surface area contributed by atoms with Crippen LogP contribution in [0.2, 0.25) is 0 Å². The predicted octanol–water partition coefficient (Wildman–Crippen LogP) is 2.21. The van der Waals surface area contributed by atoms with Gasteiger partial charge in [-0.15, -0.1) is 0 Å². The van der Waals surface area contributed by atoms with Crippen LogP contribution >= 0.6 is 0 Å². The van der Waals surface area contributed by atoms with Crippen molar-refractivity contribution in [1.29, 1.82) is 0 Å². The smallest absolute Gasteiger partial charge is 0.173 e. The summed E-state index contributed by atoms with van der Waals surface area (Å²) in [5.41, 5.74) is 9.19. The molecule has 4 nitrogen and oxygen atoms in total. The van der Waals surface area contributed by atoms with Crippen molar-refractivity contribution >= 4 is 11.7 Å². The van der Waals surface area contributed by atoms with E-state index in [1.165, 1.54) is 5.56 Å². The Morgan fingerprint density at radius 1 is 0.684 bits per heavy atom. The fraction of sp³-hybridized carbons (Fsp3) is 0.0667. The molecule has 0 amide bonds. The van der Waals surface area contributed by atoms with Crippen LogP contribution in [0.25, 0.3) is 0 Å². The second-order valence-corrected chi connectivity index (χ2v) is 4.38. The second-order valence-electron chi connectivity index (χ2n) is 4.38. The van der Waals surface area contributed by atoms with Crippen molar-refractivity contribution < 1.29 is 0 Å². The third-order valence-corrected chi connectivity index (χ3v) is 2.92. The van der Waals surface area contributed by atoms with Gasteiger partial charge in [-0.2, -0.15) is 10.2 Å². The van der Waals surface area contributed by atoms with E-state index in [1.54, 1.807) is 0 Å². The molecule has 1 aliphatic rings. The van der Waals surface area contributed by atoms with Crippen molar-refractivity contribution in [3.8, 4) is 0 Å². The Bertz CT molecular complexity index is 627. The molecule has 0 atom stereocenters. The van der Waals surface area contributed by atoms with Gasteiger partial charge in [0.1, 0.15) is 0 Å². The van der Waals surface area contributed by atoms with E-state index in [1.807, 2.05) is 42.5 Å². The second kappa shape index (κ2) is 4.94. The summed E-state index contributed by atoms with van der Waals surface area (Å²) in [5.74, 6) is 1.44. The van der Waals surface area contributed by atoms with Crippen LogP contribution in [0.4, 0.5) is 0 Å². The lowest BCUT2D eigenvalue weighted by Crippen LogP contribution is -2.34. The van der Waals surface area contributed by atoms with Crippen LogP contribution in [-0.4, -0.2) is 11.7 Å². The molecule has 2 aromatic carbocycles. The number of rotatable bonds is 2. The average Bonchev–Trinajstić information content (AvgIpc) is 2.49. The third-order valence-electron chi connectivity index (χ3n) is 2.92. The highest BCUT2D eigenvalue weighted by Gasteiger charge is 2.10. The molecule has 0 fully saturated rings. The fourth-order valence-electron chi connectivity index (χ4n) is 1.83. The van der Waals surface area contributed by atoms with E-state index in [0.717, 1.165) is 22.8 Å². The van der Waals surface area contributed by atoms with E-state index >= 15 is 0 Å². The largest absolute Gasteiger partial charge is 0.257 e. The zero-order valence-electron chi connectivity index (χ0n) is 10.6. The lowest BCUT2D eigenvalue weighted by Gasteiger charge is -2.15. The molecule has 2 N–H and O–H groups in total. The summed E-state index contributed by atoms with van der Waals surface area (Å²) in [4.78, 5) is 0. The van der Waals surface area contributed by atoms with Gasteiger partial charge in [-0.25, -0.2) is 0 Å². The number of nitrogens with zero attached hydrogens (tertiary/aromatic N) is 2. The molecule has 94 valence electrons. The molecule has 0 saturated carbocycles. The van der Waals surface area contributed by atoms with E-state index in [-0.39, 0.29) is 0 Å². The average molecular weight is 250 g/mol. The first-order valence-corrected chi connectivity index (χ1v) is 6.13. The maximum atomic E-state index is 4.31. The molecule has 1 heterocycles. The van der Waals surface area contributed by atoms with Crippen LogP contribution in [0.5, 0.6) is 0 Å². The molecule has 1 aliphatic heterocycles. The van der Waals surface area contributed by atoms with Crippen molar-refractivity contribution in [2.75, 3.05) is 0 Å². The number of hydrogen-bond acceptors (Lipinski definition) is 4. The molecule has 2 aromatic rings. The Morgan fingerprint density at radius 2 is 1.21 bits per heavy atom. The van der Waals surface area contributed by atoms with Gasteiger partial charge < -0.3 is 0 Å². The van der Waals surface area contributed by atoms with E-state index in [0.29, 0.717) is 0 Å². The van der Waals surface area contributed by atoms with Crippen molar-refractivity contribution in [3.05, 3.63) is 71.3 Å². The zero-order valence-corrected chi connectivity index (χ0v) is 10.6. The summed E-state index contributed by atoms with van der Waals surface area (Å²) < 4.78 is 0. The van der Waals surface area contributed by atoms with Gasteiger partial charge in [0.25, 0.3) is 0 Å². The van der Waals surface area contributed by atoms with E-state index in [4.69, 9.17) is 0 Å². The number of aryl methyl sites for hydroxylation is 1. The number of nitrogens with one attached hydrogen (secondary N) is 2. The number of amidine groups is 2. The number of hydrazone groups is 2. The Hall–Kier alpha value is -2.62. The lowest BCUT2D eigenvalue weighted by atomic mass is 10.1. The van der Waals surface area contributed by atoms with E-state index in [2.05, 4.69) is 40.1 Å². The monoisotopic (exact) mass is 250 g/mol. The maximum Gasteiger partial charge on any atom is 0.173 e. The van der Waals surface area contributed by atoms with Crippen LogP contribution in [0, 0.1) is 6.92 Å². The first kappa shape index (κ1) is 11.5. The van der Waals surface area contributed by atoms with Gasteiger partial charge in [-0.05, 0) is 6.92 Å². The van der Waals surface area contributed by atoms with Crippen LogP contribution in [0.3, 0.4) is 0 Å². The molecule has 0 saturated heterocycles. The van der Waals surface area contributed by atoms with E-state index in [9.17, 15) is 0 Å². The summed E-state index contributed by atoms with van der Waals surface area (Å²) in [6, 6.07) is 18.0. The molecule has 3 rings (SSSR count). The van der Waals surface area contributed by atoms with Gasteiger partial charge in [0.05, 0.1) is 0 Å². The molecular weight excluding hydrogens is 236 g/mol. The first-order valence-electron chi connectivity index (χ1n) is 6.13. The molecule has 0 aliphatic carbocycles. The van der Waals surface area contributed by atoms with Crippen LogP contribution in [0.15, 0.2) is 64.8 Å². The fourth-order valence-corrected chi connectivity index (χ4v) is 1.83. The summed E-state index contributed by atoms with van der Waals surface area (Å²) in [5, 5.41) is 8.62. The van der Waals surface area contributed by atoms with Crippen LogP contribution in [0.1, 0.15) is 16.7 Å². The molecule has 0 spiro atoms. The summed E-state index contributed by atoms with van der Waals surface area (Å²) >= 11 is 0. The van der Waals surface area contributed by atoms with Gasteiger partial charge in [-0.3, -0.25) is 10.9 Å². The zero-order chi connectivity index (χ0) is 13.1. The molecule has 0 aromatic heterocycles. The van der Waals surface area contributed by atoms with Crippen molar-refractivity contribution in [2.45, 2.75) is 6.92 Å². The molecule has 0 unspecified atom stereocenters.